The monoisotopic (exact) mass is 466 g/mol. The highest BCUT2D eigenvalue weighted by Crippen LogP contribution is 2.37. The van der Waals surface area contributed by atoms with Crippen molar-refractivity contribution in [2.75, 3.05) is 5.32 Å². The summed E-state index contributed by atoms with van der Waals surface area (Å²) in [5.74, 6) is 2.08. The standard InChI is InChI=1S/C25H26N10/c1-4-18-27-23-20(19(31-34(23)30-18)16-11-7-5-8-12-16)29-25(26)21(17-13-9-6-10-14-17)32-35-24(25)28-22(33-35)15(2)3/h5-15,29,31H,4,26H2,1-3H3. The van der Waals surface area contributed by atoms with E-state index in [1.54, 1.807) is 4.63 Å². The van der Waals surface area contributed by atoms with Crippen molar-refractivity contribution in [3.63, 3.8) is 0 Å². The molecule has 1 unspecified atom stereocenters. The van der Waals surface area contributed by atoms with E-state index in [1.807, 2.05) is 81.4 Å². The van der Waals surface area contributed by atoms with Crippen LogP contribution in [0.5, 0.6) is 0 Å². The van der Waals surface area contributed by atoms with Gasteiger partial charge in [-0.25, -0.2) is 9.97 Å². The zero-order valence-electron chi connectivity index (χ0n) is 19.8. The van der Waals surface area contributed by atoms with Gasteiger partial charge in [0.25, 0.3) is 0 Å². The fraction of sp³-hybridized carbons (Fsp3) is 0.240. The summed E-state index contributed by atoms with van der Waals surface area (Å²) in [4.78, 5) is 11.1. The molecule has 6 rings (SSSR count). The Balaban J connectivity index is 1.56. The van der Waals surface area contributed by atoms with Gasteiger partial charge in [-0.2, -0.15) is 4.63 Å². The van der Waals surface area contributed by atoms with Gasteiger partial charge in [0.1, 0.15) is 11.4 Å². The number of aryl methyl sites for hydroxylation is 1. The van der Waals surface area contributed by atoms with E-state index < -0.39 is 5.66 Å². The normalized spacial score (nSPS) is 17.2. The summed E-state index contributed by atoms with van der Waals surface area (Å²) in [5, 5.41) is 20.9. The molecule has 0 amide bonds. The van der Waals surface area contributed by atoms with Crippen molar-refractivity contribution < 1.29 is 0 Å². The van der Waals surface area contributed by atoms with Crippen LogP contribution in [-0.2, 0) is 12.1 Å². The fourth-order valence-corrected chi connectivity index (χ4v) is 4.30. The van der Waals surface area contributed by atoms with Crippen molar-refractivity contribution in [3.05, 3.63) is 83.7 Å². The number of aromatic nitrogens is 7. The Morgan fingerprint density at radius 2 is 1.66 bits per heavy atom. The van der Waals surface area contributed by atoms with Crippen LogP contribution in [0, 0.1) is 0 Å². The molecule has 1 aliphatic heterocycles. The average molecular weight is 467 g/mol. The van der Waals surface area contributed by atoms with E-state index in [0.29, 0.717) is 29.4 Å². The lowest BCUT2D eigenvalue weighted by Crippen LogP contribution is -2.51. The van der Waals surface area contributed by atoms with Crippen LogP contribution in [0.15, 0.2) is 65.8 Å². The Kier molecular flexibility index (Phi) is 4.78. The first-order valence-corrected chi connectivity index (χ1v) is 11.7. The van der Waals surface area contributed by atoms with Crippen molar-refractivity contribution >= 4 is 17.0 Å². The second-order valence-electron chi connectivity index (χ2n) is 8.93. The highest BCUT2D eigenvalue weighted by molar-refractivity contribution is 6.10. The Labute approximate surface area is 201 Å². The van der Waals surface area contributed by atoms with Gasteiger partial charge in [0.2, 0.25) is 0 Å². The first kappa shape index (κ1) is 21.2. The zero-order valence-corrected chi connectivity index (χ0v) is 19.8. The van der Waals surface area contributed by atoms with Crippen molar-refractivity contribution in [3.8, 4) is 11.3 Å². The first-order valence-electron chi connectivity index (χ1n) is 11.7. The van der Waals surface area contributed by atoms with Gasteiger partial charge in [-0.1, -0.05) is 81.4 Å². The van der Waals surface area contributed by atoms with E-state index in [0.717, 1.165) is 28.3 Å². The number of rotatable bonds is 6. The van der Waals surface area contributed by atoms with E-state index >= 15 is 0 Å². The Hall–Kier alpha value is -4.31. The van der Waals surface area contributed by atoms with Crippen LogP contribution in [0.4, 0.5) is 5.69 Å². The van der Waals surface area contributed by atoms with Crippen molar-refractivity contribution in [2.45, 2.75) is 38.8 Å². The highest BCUT2D eigenvalue weighted by Gasteiger charge is 2.46. The van der Waals surface area contributed by atoms with Gasteiger partial charge in [0.15, 0.2) is 28.8 Å². The second-order valence-corrected chi connectivity index (χ2v) is 8.93. The molecule has 0 aliphatic carbocycles. The quantitative estimate of drug-likeness (QED) is 0.329. The molecule has 0 spiro atoms. The number of hydrogen-bond acceptors (Lipinski definition) is 7. The van der Waals surface area contributed by atoms with Crippen LogP contribution in [0.3, 0.4) is 0 Å². The van der Waals surface area contributed by atoms with Crippen LogP contribution in [-0.4, -0.2) is 40.4 Å². The van der Waals surface area contributed by atoms with Crippen LogP contribution in [0.1, 0.15) is 49.7 Å². The van der Waals surface area contributed by atoms with Crippen molar-refractivity contribution in [2.24, 2.45) is 10.8 Å². The molecule has 0 saturated carbocycles. The molecule has 1 aliphatic rings. The highest BCUT2D eigenvalue weighted by atomic mass is 15.6. The number of hydrogen-bond donors (Lipinski definition) is 3. The van der Waals surface area contributed by atoms with Crippen molar-refractivity contribution in [1.29, 1.82) is 0 Å². The minimum atomic E-state index is -1.26. The second kappa shape index (κ2) is 7.88. The summed E-state index contributed by atoms with van der Waals surface area (Å²) in [6.45, 7) is 6.12. The molecular weight excluding hydrogens is 440 g/mol. The molecule has 35 heavy (non-hydrogen) atoms. The van der Waals surface area contributed by atoms with Gasteiger partial charge >= 0.3 is 0 Å². The van der Waals surface area contributed by atoms with Crippen LogP contribution in [0.25, 0.3) is 16.9 Å². The molecule has 3 aromatic heterocycles. The van der Waals surface area contributed by atoms with E-state index in [1.165, 1.54) is 4.79 Å². The average Bonchev–Trinajstić information content (AvgIpc) is 3.61. The number of nitrogens with zero attached hydrogens (tertiary/aromatic N) is 7. The third-order valence-electron chi connectivity index (χ3n) is 6.13. The molecule has 10 nitrogen and oxygen atoms in total. The number of nitrogens with two attached hydrogens (primary N) is 1. The van der Waals surface area contributed by atoms with Gasteiger partial charge in [0, 0.05) is 23.5 Å². The van der Waals surface area contributed by atoms with E-state index in [-0.39, 0.29) is 5.92 Å². The lowest BCUT2D eigenvalue weighted by atomic mass is 9.96. The summed E-state index contributed by atoms with van der Waals surface area (Å²) in [6.07, 6.45) is 0.714. The molecule has 4 heterocycles. The number of anilines is 1. The molecule has 0 radical (unpaired) electrons. The van der Waals surface area contributed by atoms with Crippen LogP contribution < -0.4 is 11.1 Å². The van der Waals surface area contributed by atoms with Crippen LogP contribution in [0.2, 0.25) is 0 Å². The Morgan fingerprint density at radius 3 is 2.31 bits per heavy atom. The van der Waals surface area contributed by atoms with Crippen molar-refractivity contribution in [1.82, 2.24) is 34.7 Å². The predicted octanol–water partition coefficient (Wildman–Crippen LogP) is 3.49. The number of H-pyrrole nitrogens is 1. The largest absolute Gasteiger partial charge is 0.351 e. The molecule has 0 fully saturated rings. The smallest absolute Gasteiger partial charge is 0.199 e. The summed E-state index contributed by atoms with van der Waals surface area (Å²) >= 11 is 0. The maximum Gasteiger partial charge on any atom is 0.199 e. The maximum absolute atomic E-state index is 7.19. The third kappa shape index (κ3) is 3.33. The minimum Gasteiger partial charge on any atom is -0.351 e. The van der Waals surface area contributed by atoms with Gasteiger partial charge in [-0.05, 0) is 0 Å². The van der Waals surface area contributed by atoms with Crippen LogP contribution >= 0.6 is 0 Å². The SMILES string of the molecule is CCc1nc2c(NC3(N)C(c4ccccc4)=Nn4nc(C(C)C)nc43)c(-c3ccccc3)[nH]n2n1. The summed E-state index contributed by atoms with van der Waals surface area (Å²) in [5.41, 5.74) is 10.6. The van der Waals surface area contributed by atoms with Gasteiger partial charge in [-0.3, -0.25) is 10.8 Å². The summed E-state index contributed by atoms with van der Waals surface area (Å²) < 4.78 is 1.69. The molecule has 176 valence electrons. The van der Waals surface area contributed by atoms with Gasteiger partial charge < -0.3 is 5.32 Å². The minimum absolute atomic E-state index is 0.134. The summed E-state index contributed by atoms with van der Waals surface area (Å²) in [7, 11) is 0. The predicted molar refractivity (Wildman–Crippen MR) is 134 cm³/mol. The topological polar surface area (TPSA) is 127 Å². The van der Waals surface area contributed by atoms with Gasteiger partial charge in [0.05, 0.1) is 5.69 Å². The summed E-state index contributed by atoms with van der Waals surface area (Å²) in [6, 6.07) is 19.9. The molecule has 0 bridgehead atoms. The van der Waals surface area contributed by atoms with E-state index in [2.05, 4.69) is 20.6 Å². The van der Waals surface area contributed by atoms with E-state index in [4.69, 9.17) is 20.8 Å². The number of benzene rings is 2. The molecule has 10 heteroatoms. The Morgan fingerprint density at radius 1 is 0.971 bits per heavy atom. The molecular formula is C25H26N10. The lowest BCUT2D eigenvalue weighted by molar-refractivity contribution is 0.623. The molecule has 4 N–H and O–H groups in total. The number of aromatic amines is 1. The maximum atomic E-state index is 7.19. The van der Waals surface area contributed by atoms with Gasteiger partial charge in [-0.15, -0.1) is 20.1 Å². The molecule has 2 aromatic carbocycles. The van der Waals surface area contributed by atoms with E-state index in [9.17, 15) is 0 Å². The first-order chi connectivity index (χ1) is 17.0. The zero-order chi connectivity index (χ0) is 24.2. The lowest BCUT2D eigenvalue weighted by Gasteiger charge is -2.27. The number of nitrogens with one attached hydrogen (secondary N) is 2. The fourth-order valence-electron chi connectivity index (χ4n) is 4.30. The molecule has 5 aromatic rings. The third-order valence-corrected chi connectivity index (χ3v) is 6.13. The molecule has 0 saturated heterocycles. The molecule has 1 atom stereocenters. The number of fused-ring (bicyclic) bond motifs is 2. The Bertz CT molecular complexity index is 1540.